The number of aromatic nitrogens is 3. The van der Waals surface area contributed by atoms with E-state index in [1.807, 2.05) is 25.1 Å². The first-order chi connectivity index (χ1) is 12.2. The Morgan fingerprint density at radius 2 is 2.08 bits per heavy atom. The van der Waals surface area contributed by atoms with Crippen molar-refractivity contribution in [2.75, 3.05) is 25.7 Å². The van der Waals surface area contributed by atoms with E-state index in [2.05, 4.69) is 20.0 Å². The molecule has 0 bridgehead atoms. The molecule has 0 amide bonds. The van der Waals surface area contributed by atoms with E-state index in [1.165, 1.54) is 6.33 Å². The van der Waals surface area contributed by atoms with Crippen molar-refractivity contribution >= 4 is 16.9 Å². The first-order valence-corrected chi connectivity index (χ1v) is 8.28. The summed E-state index contributed by atoms with van der Waals surface area (Å²) in [4.78, 5) is 11.0. The maximum Gasteiger partial charge on any atom is 0.263 e. The van der Waals surface area contributed by atoms with Crippen LogP contribution in [0.4, 0.5) is 5.82 Å². The summed E-state index contributed by atoms with van der Waals surface area (Å²) < 4.78 is 16.3. The molecule has 7 nitrogen and oxygen atoms in total. The molecule has 1 saturated heterocycles. The summed E-state index contributed by atoms with van der Waals surface area (Å²) in [5, 5.41) is 4.91. The quantitative estimate of drug-likeness (QED) is 0.721. The largest absolute Gasteiger partial charge is 0.497 e. The second-order valence-electron chi connectivity index (χ2n) is 6.10. The van der Waals surface area contributed by atoms with Crippen LogP contribution in [0.25, 0.3) is 11.1 Å². The maximum atomic E-state index is 5.59. The lowest BCUT2D eigenvalue weighted by Crippen LogP contribution is -2.24. The topological polar surface area (TPSA) is 73.5 Å². The minimum Gasteiger partial charge on any atom is -0.497 e. The Bertz CT molecular complexity index is 908. The van der Waals surface area contributed by atoms with Crippen molar-refractivity contribution in [1.82, 2.24) is 15.1 Å². The number of ether oxygens (including phenoxy) is 2. The van der Waals surface area contributed by atoms with Crippen LogP contribution in [0.5, 0.6) is 11.5 Å². The van der Waals surface area contributed by atoms with Crippen LogP contribution in [0.3, 0.4) is 0 Å². The van der Waals surface area contributed by atoms with Crippen molar-refractivity contribution in [1.29, 1.82) is 0 Å². The van der Waals surface area contributed by atoms with Crippen molar-refractivity contribution in [2.24, 2.45) is 0 Å². The maximum absolute atomic E-state index is 5.59. The van der Waals surface area contributed by atoms with Crippen molar-refractivity contribution in [2.45, 2.75) is 25.8 Å². The third kappa shape index (κ3) is 2.56. The van der Waals surface area contributed by atoms with Gasteiger partial charge < -0.3 is 18.9 Å². The molecule has 130 valence electrons. The molecule has 3 aromatic rings. The van der Waals surface area contributed by atoms with Gasteiger partial charge in [-0.05, 0) is 38.0 Å². The van der Waals surface area contributed by atoms with Crippen LogP contribution < -0.4 is 14.4 Å². The molecule has 0 N–H and O–H groups in total. The van der Waals surface area contributed by atoms with E-state index in [-0.39, 0.29) is 6.04 Å². The number of hydrogen-bond donors (Lipinski definition) is 0. The molecule has 0 aliphatic carbocycles. The Hall–Kier alpha value is -2.83. The summed E-state index contributed by atoms with van der Waals surface area (Å²) in [6.45, 7) is 2.82. The third-order valence-corrected chi connectivity index (χ3v) is 4.74. The minimum absolute atomic E-state index is 0.150. The lowest BCUT2D eigenvalue weighted by Gasteiger charge is -2.27. The Kier molecular flexibility index (Phi) is 3.91. The number of hydrogen-bond acceptors (Lipinski definition) is 7. The Morgan fingerprint density at radius 1 is 1.20 bits per heavy atom. The fourth-order valence-electron chi connectivity index (χ4n) is 3.56. The molecule has 1 aliphatic rings. The van der Waals surface area contributed by atoms with Gasteiger partial charge in [0.05, 0.1) is 26.0 Å². The number of methoxy groups -OCH3 is 2. The van der Waals surface area contributed by atoms with E-state index in [0.717, 1.165) is 53.3 Å². The number of anilines is 1. The highest BCUT2D eigenvalue weighted by atomic mass is 16.5. The normalized spacial score (nSPS) is 17.2. The summed E-state index contributed by atoms with van der Waals surface area (Å²) >= 11 is 0. The molecule has 0 radical (unpaired) electrons. The molecule has 2 aromatic heterocycles. The molecular weight excluding hydrogens is 320 g/mol. The molecule has 1 atom stereocenters. The predicted octanol–water partition coefficient (Wildman–Crippen LogP) is 3.28. The van der Waals surface area contributed by atoms with Crippen LogP contribution in [0.1, 0.15) is 30.1 Å². The second-order valence-corrected chi connectivity index (χ2v) is 6.10. The van der Waals surface area contributed by atoms with Gasteiger partial charge in [-0.1, -0.05) is 5.16 Å². The predicted molar refractivity (Wildman–Crippen MR) is 93.2 cm³/mol. The highest BCUT2D eigenvalue weighted by Crippen LogP contribution is 2.42. The van der Waals surface area contributed by atoms with E-state index in [9.17, 15) is 0 Å². The first-order valence-electron chi connectivity index (χ1n) is 8.28. The standard InChI is InChI=1S/C18H20N4O3/c1-11-16-17(19-10-20-18(16)25-21-11)22-8-4-5-14(22)13-9-12(23-2)6-7-15(13)24-3/h6-7,9-10,14H,4-5,8H2,1-3H3/t14-/m0/s1. The summed E-state index contributed by atoms with van der Waals surface area (Å²) in [5.74, 6) is 2.53. The monoisotopic (exact) mass is 340 g/mol. The smallest absolute Gasteiger partial charge is 0.263 e. The molecule has 0 unspecified atom stereocenters. The Balaban J connectivity index is 1.82. The van der Waals surface area contributed by atoms with Crippen LogP contribution in [0.2, 0.25) is 0 Å². The lowest BCUT2D eigenvalue weighted by atomic mass is 10.0. The van der Waals surface area contributed by atoms with Gasteiger partial charge in [0, 0.05) is 12.1 Å². The number of rotatable bonds is 4. The Morgan fingerprint density at radius 3 is 2.88 bits per heavy atom. The number of nitrogens with zero attached hydrogens (tertiary/aromatic N) is 4. The van der Waals surface area contributed by atoms with Crippen LogP contribution >= 0.6 is 0 Å². The van der Waals surface area contributed by atoms with Gasteiger partial charge in [0.25, 0.3) is 5.71 Å². The molecule has 4 rings (SSSR count). The van der Waals surface area contributed by atoms with E-state index in [0.29, 0.717) is 5.71 Å². The van der Waals surface area contributed by atoms with Gasteiger partial charge in [0.15, 0.2) is 0 Å². The summed E-state index contributed by atoms with van der Waals surface area (Å²) in [5.41, 5.74) is 2.42. The highest BCUT2D eigenvalue weighted by Gasteiger charge is 2.32. The van der Waals surface area contributed by atoms with Crippen molar-refractivity contribution in [3.05, 3.63) is 35.8 Å². The van der Waals surface area contributed by atoms with E-state index >= 15 is 0 Å². The van der Waals surface area contributed by atoms with Gasteiger partial charge >= 0.3 is 0 Å². The van der Waals surface area contributed by atoms with Gasteiger partial charge in [-0.3, -0.25) is 0 Å². The minimum atomic E-state index is 0.150. The van der Waals surface area contributed by atoms with Crippen LogP contribution in [0.15, 0.2) is 29.0 Å². The molecule has 3 heterocycles. The average molecular weight is 340 g/mol. The van der Waals surface area contributed by atoms with Crippen molar-refractivity contribution in [3.63, 3.8) is 0 Å². The van der Waals surface area contributed by atoms with Gasteiger partial charge in [0.1, 0.15) is 29.0 Å². The molecule has 1 aromatic carbocycles. The van der Waals surface area contributed by atoms with Crippen LogP contribution in [-0.4, -0.2) is 35.9 Å². The van der Waals surface area contributed by atoms with E-state index in [1.54, 1.807) is 14.2 Å². The Labute approximate surface area is 145 Å². The van der Waals surface area contributed by atoms with Gasteiger partial charge in [0.2, 0.25) is 0 Å². The molecule has 25 heavy (non-hydrogen) atoms. The highest BCUT2D eigenvalue weighted by molar-refractivity contribution is 5.88. The zero-order valence-electron chi connectivity index (χ0n) is 14.5. The fourth-order valence-corrected chi connectivity index (χ4v) is 3.56. The second kappa shape index (κ2) is 6.23. The van der Waals surface area contributed by atoms with Gasteiger partial charge in [-0.15, -0.1) is 0 Å². The molecule has 0 saturated carbocycles. The van der Waals surface area contributed by atoms with E-state index in [4.69, 9.17) is 14.0 Å². The lowest BCUT2D eigenvalue weighted by molar-refractivity contribution is 0.395. The van der Waals surface area contributed by atoms with E-state index < -0.39 is 0 Å². The number of benzene rings is 1. The first kappa shape index (κ1) is 15.7. The summed E-state index contributed by atoms with van der Waals surface area (Å²) in [6, 6.07) is 6.05. The summed E-state index contributed by atoms with van der Waals surface area (Å²) in [6.07, 6.45) is 3.61. The van der Waals surface area contributed by atoms with Crippen molar-refractivity contribution < 1.29 is 14.0 Å². The average Bonchev–Trinajstić information content (AvgIpc) is 3.28. The number of fused-ring (bicyclic) bond motifs is 1. The third-order valence-electron chi connectivity index (χ3n) is 4.74. The fraction of sp³-hybridized carbons (Fsp3) is 0.389. The molecule has 0 spiro atoms. The SMILES string of the molecule is COc1ccc(OC)c([C@@H]2CCCN2c2ncnc3onc(C)c23)c1. The van der Waals surface area contributed by atoms with Gasteiger partial charge in [-0.25, -0.2) is 4.98 Å². The van der Waals surface area contributed by atoms with Gasteiger partial charge in [-0.2, -0.15) is 4.98 Å². The zero-order chi connectivity index (χ0) is 17.4. The zero-order valence-corrected chi connectivity index (χ0v) is 14.5. The molecule has 1 fully saturated rings. The van der Waals surface area contributed by atoms with Crippen LogP contribution in [-0.2, 0) is 0 Å². The molecule has 1 aliphatic heterocycles. The molecular formula is C18H20N4O3. The van der Waals surface area contributed by atoms with Crippen LogP contribution in [0, 0.1) is 6.92 Å². The molecule has 7 heteroatoms. The number of aryl methyl sites for hydroxylation is 1. The van der Waals surface area contributed by atoms with Crippen molar-refractivity contribution in [3.8, 4) is 11.5 Å². The summed E-state index contributed by atoms with van der Waals surface area (Å²) in [7, 11) is 3.37.